The Morgan fingerprint density at radius 2 is 2.13 bits per heavy atom. The number of halogens is 1. The zero-order valence-electron chi connectivity index (χ0n) is 11.9. The number of benzene rings is 1. The number of ether oxygens (including phenoxy) is 1. The molecule has 0 bridgehead atoms. The van der Waals surface area contributed by atoms with Gasteiger partial charge in [0.25, 0.3) is 5.91 Å². The van der Waals surface area contributed by atoms with Crippen molar-refractivity contribution in [3.63, 3.8) is 0 Å². The van der Waals surface area contributed by atoms with Gasteiger partial charge in [-0.3, -0.25) is 9.59 Å². The van der Waals surface area contributed by atoms with Gasteiger partial charge in [-0.15, -0.1) is 0 Å². The molecule has 1 amide bonds. The van der Waals surface area contributed by atoms with Crippen LogP contribution in [0, 0.1) is 5.82 Å². The van der Waals surface area contributed by atoms with Crippen molar-refractivity contribution in [2.75, 3.05) is 13.2 Å². The van der Waals surface area contributed by atoms with Crippen molar-refractivity contribution in [3.05, 3.63) is 46.0 Å². The van der Waals surface area contributed by atoms with Crippen molar-refractivity contribution < 1.29 is 23.8 Å². The third kappa shape index (κ3) is 2.68. The first-order chi connectivity index (χ1) is 10.9. The Hall–Kier alpha value is -2.74. The van der Waals surface area contributed by atoms with Crippen LogP contribution in [0.4, 0.5) is 4.39 Å². The lowest BCUT2D eigenvalue weighted by molar-refractivity contribution is -0.144. The van der Waals surface area contributed by atoms with Crippen LogP contribution in [0.1, 0.15) is 16.8 Å². The molecule has 3 N–H and O–H groups in total. The highest BCUT2D eigenvalue weighted by atomic mass is 19.1. The molecule has 7 nitrogen and oxygen atoms in total. The van der Waals surface area contributed by atoms with Crippen LogP contribution >= 0.6 is 0 Å². The van der Waals surface area contributed by atoms with Crippen LogP contribution in [0.15, 0.2) is 29.1 Å². The molecule has 1 aromatic carbocycles. The molecule has 120 valence electrons. The molecule has 0 radical (unpaired) electrons. The van der Waals surface area contributed by atoms with Crippen molar-refractivity contribution in [1.82, 2.24) is 10.3 Å². The Bertz CT molecular complexity index is 855. The average Bonchev–Trinajstić information content (AvgIpc) is 2.95. The number of fused-ring (bicyclic) bond motifs is 1. The van der Waals surface area contributed by atoms with E-state index in [0.717, 1.165) is 18.2 Å². The fourth-order valence-electron chi connectivity index (χ4n) is 2.59. The minimum absolute atomic E-state index is 0.0173. The molecule has 23 heavy (non-hydrogen) atoms. The number of rotatable bonds is 3. The zero-order valence-corrected chi connectivity index (χ0v) is 11.9. The molecule has 2 heterocycles. The summed E-state index contributed by atoms with van der Waals surface area (Å²) in [6.45, 7) is 0.0672. The summed E-state index contributed by atoms with van der Waals surface area (Å²) in [4.78, 5) is 38.0. The second kappa shape index (κ2) is 5.47. The van der Waals surface area contributed by atoms with E-state index in [0.29, 0.717) is 5.39 Å². The number of carbonyl (C=O) groups excluding carboxylic acids is 1. The van der Waals surface area contributed by atoms with Crippen molar-refractivity contribution in [2.45, 2.75) is 12.0 Å². The molecule has 1 aromatic heterocycles. The van der Waals surface area contributed by atoms with E-state index in [1.807, 2.05) is 0 Å². The van der Waals surface area contributed by atoms with E-state index in [2.05, 4.69) is 10.3 Å². The smallest absolute Gasteiger partial charge is 0.331 e. The van der Waals surface area contributed by atoms with Gasteiger partial charge in [-0.2, -0.15) is 0 Å². The molecule has 1 saturated heterocycles. The topological polar surface area (TPSA) is 108 Å². The van der Waals surface area contributed by atoms with Crippen molar-refractivity contribution >= 4 is 22.8 Å². The van der Waals surface area contributed by atoms with Crippen LogP contribution in [-0.2, 0) is 9.53 Å². The van der Waals surface area contributed by atoms with Crippen molar-refractivity contribution in [2.24, 2.45) is 0 Å². The average molecular weight is 320 g/mol. The van der Waals surface area contributed by atoms with Gasteiger partial charge in [0, 0.05) is 24.5 Å². The van der Waals surface area contributed by atoms with Gasteiger partial charge in [0.1, 0.15) is 5.82 Å². The molecular formula is C15H13FN2O5. The number of pyridine rings is 1. The maximum atomic E-state index is 13.3. The molecular weight excluding hydrogens is 307 g/mol. The third-order valence-electron chi connectivity index (χ3n) is 3.83. The van der Waals surface area contributed by atoms with Crippen molar-refractivity contribution in [1.29, 1.82) is 0 Å². The lowest BCUT2D eigenvalue weighted by Gasteiger charge is -2.23. The predicted octanol–water partition coefficient (Wildman–Crippen LogP) is 0.641. The second-order valence-electron chi connectivity index (χ2n) is 5.38. The van der Waals surface area contributed by atoms with E-state index < -0.39 is 28.8 Å². The number of carboxylic acid groups (broad SMARTS) is 1. The number of aromatic amines is 1. The monoisotopic (exact) mass is 320 g/mol. The number of hydrogen-bond acceptors (Lipinski definition) is 4. The Morgan fingerprint density at radius 3 is 2.78 bits per heavy atom. The van der Waals surface area contributed by atoms with Gasteiger partial charge < -0.3 is 20.1 Å². The second-order valence-corrected chi connectivity index (χ2v) is 5.38. The number of nitrogens with one attached hydrogen (secondary N) is 2. The summed E-state index contributed by atoms with van der Waals surface area (Å²) in [7, 11) is 0. The normalized spacial score (nSPS) is 20.6. The van der Waals surface area contributed by atoms with Crippen LogP contribution < -0.4 is 10.9 Å². The molecule has 8 heteroatoms. The summed E-state index contributed by atoms with van der Waals surface area (Å²) in [5, 5.41) is 12.1. The fraction of sp³-hybridized carbons (Fsp3) is 0.267. The van der Waals surface area contributed by atoms with Gasteiger partial charge in [-0.25, -0.2) is 9.18 Å². The summed E-state index contributed by atoms with van der Waals surface area (Å²) in [5.41, 5.74) is -1.96. The van der Waals surface area contributed by atoms with E-state index in [4.69, 9.17) is 4.74 Å². The first kappa shape index (κ1) is 15.2. The lowest BCUT2D eigenvalue weighted by Crippen LogP contribution is -2.55. The highest BCUT2D eigenvalue weighted by Crippen LogP contribution is 2.22. The quantitative estimate of drug-likeness (QED) is 0.769. The SMILES string of the molecule is O=C(NC1(C(=O)O)CCOC1)c1cc(=O)[nH]c2cc(F)ccc12. The number of aliphatic carboxylic acids is 1. The lowest BCUT2D eigenvalue weighted by atomic mass is 9.97. The van der Waals surface area contributed by atoms with Gasteiger partial charge in [0.15, 0.2) is 5.54 Å². The molecule has 1 unspecified atom stereocenters. The first-order valence-electron chi connectivity index (χ1n) is 6.87. The number of H-pyrrole nitrogens is 1. The van der Waals surface area contributed by atoms with E-state index in [-0.39, 0.29) is 30.7 Å². The molecule has 0 spiro atoms. The fourth-order valence-corrected chi connectivity index (χ4v) is 2.59. The van der Waals surface area contributed by atoms with Crippen LogP contribution in [0.3, 0.4) is 0 Å². The highest BCUT2D eigenvalue weighted by Gasteiger charge is 2.44. The van der Waals surface area contributed by atoms with E-state index >= 15 is 0 Å². The number of carbonyl (C=O) groups is 2. The molecule has 2 aromatic rings. The standard InChI is InChI=1S/C15H13FN2O5/c16-8-1-2-9-10(6-12(19)17-11(9)5-8)13(20)18-15(14(21)22)3-4-23-7-15/h1-2,5-6H,3-4,7H2,(H,17,19)(H,18,20)(H,21,22). The number of carboxylic acids is 1. The van der Waals surface area contributed by atoms with Gasteiger partial charge in [0.2, 0.25) is 5.56 Å². The van der Waals surface area contributed by atoms with Gasteiger partial charge >= 0.3 is 5.97 Å². The van der Waals surface area contributed by atoms with Crippen LogP contribution in [0.2, 0.25) is 0 Å². The Balaban J connectivity index is 2.04. The largest absolute Gasteiger partial charge is 0.479 e. The number of aromatic nitrogens is 1. The van der Waals surface area contributed by atoms with Gasteiger partial charge in [-0.1, -0.05) is 0 Å². The van der Waals surface area contributed by atoms with E-state index in [1.165, 1.54) is 6.07 Å². The van der Waals surface area contributed by atoms with Gasteiger partial charge in [-0.05, 0) is 18.2 Å². The van der Waals surface area contributed by atoms with Crippen molar-refractivity contribution in [3.8, 4) is 0 Å². The summed E-state index contributed by atoms with van der Waals surface area (Å²) in [6, 6.07) is 4.66. The molecule has 0 saturated carbocycles. The Morgan fingerprint density at radius 1 is 1.35 bits per heavy atom. The van der Waals surface area contributed by atoms with Crippen LogP contribution in [-0.4, -0.2) is 40.7 Å². The van der Waals surface area contributed by atoms with Crippen LogP contribution in [0.5, 0.6) is 0 Å². The maximum Gasteiger partial charge on any atom is 0.331 e. The molecule has 3 rings (SSSR count). The molecule has 1 fully saturated rings. The highest BCUT2D eigenvalue weighted by molar-refractivity contribution is 6.07. The minimum Gasteiger partial charge on any atom is -0.479 e. The van der Waals surface area contributed by atoms with E-state index in [9.17, 15) is 23.9 Å². The summed E-state index contributed by atoms with van der Waals surface area (Å²) < 4.78 is 18.4. The summed E-state index contributed by atoms with van der Waals surface area (Å²) in [5.74, 6) is -2.49. The Kier molecular flexibility index (Phi) is 3.61. The number of hydrogen-bond donors (Lipinski definition) is 3. The number of amides is 1. The molecule has 1 aliphatic rings. The maximum absolute atomic E-state index is 13.3. The van der Waals surface area contributed by atoms with Gasteiger partial charge in [0.05, 0.1) is 17.7 Å². The van der Waals surface area contributed by atoms with Crippen LogP contribution in [0.25, 0.3) is 10.9 Å². The summed E-state index contributed by atoms with van der Waals surface area (Å²) >= 11 is 0. The minimum atomic E-state index is -1.52. The van der Waals surface area contributed by atoms with E-state index in [1.54, 1.807) is 0 Å². The zero-order chi connectivity index (χ0) is 16.6. The molecule has 0 aliphatic carbocycles. The predicted molar refractivity (Wildman–Crippen MR) is 77.8 cm³/mol. The Labute approximate surface area is 129 Å². The first-order valence-corrected chi connectivity index (χ1v) is 6.87. The molecule has 1 atom stereocenters. The summed E-state index contributed by atoms with van der Waals surface area (Å²) in [6.07, 6.45) is 0.129. The molecule has 1 aliphatic heterocycles. The third-order valence-corrected chi connectivity index (χ3v) is 3.83.